The Morgan fingerprint density at radius 2 is 0.277 bits per heavy atom. The van der Waals surface area contributed by atoms with E-state index >= 15 is 0 Å². The summed E-state index contributed by atoms with van der Waals surface area (Å²) in [5, 5.41) is 0. The average molecular weight is 2010 g/mol. The monoisotopic (exact) mass is 2000 g/mol. The summed E-state index contributed by atoms with van der Waals surface area (Å²) >= 11 is 0. The predicted molar refractivity (Wildman–Crippen MR) is 562 cm³/mol. The standard InChI is InChI=1S/4C11H28N2.8C8H8.2CH4O3S.2BrH.2ClH/c4*1-7-12(3,4)10-9-11-13(5,6)8-2;8*1-2-8-6-4-3-5-7-8;2*1-5(2,3)4;;;;/h4*7-11H2,1-6H3;8*2-7H,1H2;2*1H3,(H,2,3,4);4*1H/q4*+2;;;;;;;;;;;;;;/p-6. The minimum absolute atomic E-state index is 0. The lowest BCUT2D eigenvalue weighted by atomic mass is 10.2. The number of rotatable bonds is 32. The summed E-state index contributed by atoms with van der Waals surface area (Å²) in [7, 11) is 29.1. The van der Waals surface area contributed by atoms with Gasteiger partial charge in [0.25, 0.3) is 0 Å². The predicted octanol–water partition coefficient (Wildman–Crippen LogP) is 11.3. The topological polar surface area (TPSA) is 114 Å². The molecule has 8 aromatic rings. The first kappa shape index (κ1) is 143. The molecule has 0 spiro atoms. The summed E-state index contributed by atoms with van der Waals surface area (Å²) in [5.74, 6) is 0. The fourth-order valence-corrected chi connectivity index (χ4v) is 9.68. The molecule has 0 N–H and O–H groups in total. The Morgan fingerprint density at radius 1 is 0.208 bits per heavy atom. The van der Waals surface area contributed by atoms with Gasteiger partial charge in [0.1, 0.15) is 0 Å². The summed E-state index contributed by atoms with van der Waals surface area (Å²) in [5.41, 5.74) is 9.39. The van der Waals surface area contributed by atoms with E-state index in [2.05, 4.69) is 221 Å². The van der Waals surface area contributed by atoms with Crippen LogP contribution in [0.5, 0.6) is 0 Å². The number of halogens is 4. The first-order chi connectivity index (χ1) is 58.8. The van der Waals surface area contributed by atoms with Crippen LogP contribution in [0, 0.1) is 0 Å². The molecule has 0 aliphatic carbocycles. The Bertz CT molecular complexity index is 3420. The van der Waals surface area contributed by atoms with E-state index in [4.69, 9.17) is 25.9 Å². The van der Waals surface area contributed by atoms with Crippen molar-refractivity contribution in [1.29, 1.82) is 0 Å². The van der Waals surface area contributed by atoms with Crippen LogP contribution in [0.3, 0.4) is 0 Å². The number of quaternary nitrogens is 8. The Balaban J connectivity index is -0.000000150. The molecule has 0 amide bonds. The first-order valence-corrected chi connectivity index (χ1v) is 48.2. The molecule has 0 fully saturated rings. The third-order valence-electron chi connectivity index (χ3n) is 21.2. The molecule has 0 saturated heterocycles. The van der Waals surface area contributed by atoms with Gasteiger partial charge in [-0.2, -0.15) is 0 Å². The van der Waals surface area contributed by atoms with Crippen molar-refractivity contribution >= 4 is 68.8 Å². The second-order valence-electron chi connectivity index (χ2n) is 35.5. The lowest BCUT2D eigenvalue weighted by molar-refractivity contribution is -0.907. The third kappa shape index (κ3) is 104. The molecule has 8 rings (SSSR count). The summed E-state index contributed by atoms with van der Waals surface area (Å²) in [4.78, 5) is 0. The van der Waals surface area contributed by atoms with Gasteiger partial charge in [-0.15, -0.1) is 0 Å². The molecule has 0 atom stereocenters. The molecule has 0 aromatic heterocycles. The van der Waals surface area contributed by atoms with Gasteiger partial charge in [-0.3, -0.25) is 0 Å². The van der Waals surface area contributed by atoms with E-state index in [-0.39, 0.29) is 58.8 Å². The van der Waals surface area contributed by atoms with Crippen molar-refractivity contribution in [2.24, 2.45) is 0 Å². The highest BCUT2D eigenvalue weighted by Gasteiger charge is 2.20. The van der Waals surface area contributed by atoms with Crippen LogP contribution < -0.4 is 58.8 Å². The van der Waals surface area contributed by atoms with Crippen LogP contribution in [0.25, 0.3) is 48.6 Å². The zero-order valence-corrected chi connectivity index (χ0v) is 92.2. The number of hydrogen-bond donors (Lipinski definition) is 0. The number of hydrogen-bond acceptors (Lipinski definition) is 6. The Kier molecular flexibility index (Phi) is 93.2. The van der Waals surface area contributed by atoms with Crippen molar-refractivity contribution in [3.05, 3.63) is 340 Å². The largest absolute Gasteiger partial charge is 1.00 e. The summed E-state index contributed by atoms with van der Waals surface area (Å²) in [6.45, 7) is 67.5. The minimum Gasteiger partial charge on any atom is -1.00 e. The van der Waals surface area contributed by atoms with Crippen LogP contribution >= 0.6 is 0 Å². The molecule has 0 saturated carbocycles. The number of benzene rings is 8. The summed E-state index contributed by atoms with van der Waals surface area (Å²) in [6, 6.07) is 80.2. The Labute approximate surface area is 833 Å². The maximum atomic E-state index is 9.08. The van der Waals surface area contributed by atoms with Gasteiger partial charge in [0.05, 0.1) is 238 Å². The summed E-state index contributed by atoms with van der Waals surface area (Å²) < 4.78 is 63.7. The quantitative estimate of drug-likeness (QED) is 0.0306. The fraction of sp³-hybridized carbons (Fsp3) is 0.418. The molecule has 736 valence electrons. The van der Waals surface area contributed by atoms with Gasteiger partial charge in [0, 0.05) is 38.2 Å². The van der Waals surface area contributed by atoms with Gasteiger partial charge in [-0.1, -0.05) is 344 Å². The SMILES string of the molecule is C=Cc1ccccc1.C=Cc1ccccc1.C=Cc1ccccc1.C=Cc1ccccc1.C=Cc1ccccc1.C=Cc1ccccc1.C=Cc1ccccc1.C=Cc1ccccc1.CC[N+](C)(C)CCC[N+](C)(C)CC.CC[N+](C)(C)CCC[N+](C)(C)CC.CC[N+](C)(C)CCC[N+](C)(C)CC.CC[N+](C)(C)CCC[N+](C)(C)CC.CS(=O)(=O)[O-].CS(=O)(=O)[O-].[Br-].[Br-].[Cl-].[Cl-]. The minimum atomic E-state index is -3.92. The molecule has 0 unspecified atom stereocenters. The molecular weight excluding hydrogens is 1820 g/mol. The Hall–Kier alpha value is -7.28. The van der Waals surface area contributed by atoms with Gasteiger partial charge in [0.15, 0.2) is 0 Å². The molecule has 0 heterocycles. The maximum Gasteiger partial charge on any atom is 0.0916 e. The normalized spacial score (nSPS) is 10.4. The molecule has 0 aliphatic heterocycles. The van der Waals surface area contributed by atoms with Crippen molar-refractivity contribution in [3.63, 3.8) is 0 Å². The lowest BCUT2D eigenvalue weighted by Crippen LogP contribution is -3.00. The van der Waals surface area contributed by atoms with E-state index in [9.17, 15) is 0 Å². The molecular formula is C110H182Br2Cl2N8O6S2+2. The van der Waals surface area contributed by atoms with Gasteiger partial charge < -0.3 is 104 Å². The van der Waals surface area contributed by atoms with E-state index in [0.717, 1.165) is 35.9 Å². The van der Waals surface area contributed by atoms with Crippen LogP contribution in [0.1, 0.15) is 126 Å². The third-order valence-corrected chi connectivity index (χ3v) is 21.2. The van der Waals surface area contributed by atoms with E-state index < -0.39 is 20.2 Å². The molecule has 0 radical (unpaired) electrons. The van der Waals surface area contributed by atoms with Crippen LogP contribution in [0.2, 0.25) is 0 Å². The molecule has 20 heteroatoms. The smallest absolute Gasteiger partial charge is 0.0916 e. The zero-order chi connectivity index (χ0) is 97.7. The van der Waals surface area contributed by atoms with Crippen LogP contribution in [0.15, 0.2) is 295 Å². The Morgan fingerprint density at radius 3 is 0.323 bits per heavy atom. The molecule has 0 bridgehead atoms. The fourth-order valence-electron chi connectivity index (χ4n) is 9.68. The molecule has 14 nitrogen and oxygen atoms in total. The second-order valence-corrected chi connectivity index (χ2v) is 38.4. The van der Waals surface area contributed by atoms with Crippen LogP contribution in [0.4, 0.5) is 0 Å². The van der Waals surface area contributed by atoms with Crippen LogP contribution in [-0.2, 0) is 20.2 Å². The maximum absolute atomic E-state index is 9.08. The first-order valence-electron chi connectivity index (χ1n) is 44.5. The summed E-state index contributed by atoms with van der Waals surface area (Å²) in [6.07, 6.45) is 21.2. The second kappa shape index (κ2) is 84.7. The van der Waals surface area contributed by atoms with E-state index in [1.807, 2.05) is 291 Å². The van der Waals surface area contributed by atoms with Gasteiger partial charge in [0.2, 0.25) is 0 Å². The highest BCUT2D eigenvalue weighted by atomic mass is 79.9. The van der Waals surface area contributed by atoms with Gasteiger partial charge >= 0.3 is 0 Å². The van der Waals surface area contributed by atoms with Crippen LogP contribution in [-0.4, -0.2) is 292 Å². The molecule has 0 aliphatic rings. The average Bonchev–Trinajstić information content (AvgIpc) is 0.926. The molecule has 8 aromatic carbocycles. The van der Waals surface area contributed by atoms with Gasteiger partial charge in [-0.25, -0.2) is 16.8 Å². The van der Waals surface area contributed by atoms with E-state index in [0.29, 0.717) is 12.5 Å². The highest BCUT2D eigenvalue weighted by molar-refractivity contribution is 7.85. The van der Waals surface area contributed by atoms with Gasteiger partial charge in [-0.05, 0) is 99.9 Å². The van der Waals surface area contributed by atoms with E-state index in [1.54, 1.807) is 0 Å². The highest BCUT2D eigenvalue weighted by Crippen LogP contribution is 2.10. The van der Waals surface area contributed by atoms with Crippen molar-refractivity contribution in [1.82, 2.24) is 0 Å². The van der Waals surface area contributed by atoms with Crippen molar-refractivity contribution in [2.75, 3.05) is 230 Å². The van der Waals surface area contributed by atoms with E-state index in [1.165, 1.54) is 175 Å². The van der Waals surface area contributed by atoms with Crippen molar-refractivity contribution in [3.8, 4) is 0 Å². The van der Waals surface area contributed by atoms with Crippen molar-refractivity contribution in [2.45, 2.75) is 81.1 Å². The molecule has 130 heavy (non-hydrogen) atoms. The van der Waals surface area contributed by atoms with Crippen molar-refractivity contribution < 1.29 is 121 Å². The lowest BCUT2D eigenvalue weighted by Gasteiger charge is -2.32. The zero-order valence-electron chi connectivity index (χ0n) is 85.9. The number of nitrogens with zero attached hydrogens (tertiary/aromatic N) is 8.